The molecule has 2 aliphatic heterocycles. The van der Waals surface area contributed by atoms with Crippen LogP contribution in [0.15, 0.2) is 29.4 Å². The van der Waals surface area contributed by atoms with Crippen LogP contribution in [0.5, 0.6) is 11.5 Å². The van der Waals surface area contributed by atoms with Crippen LogP contribution in [0.3, 0.4) is 0 Å². The van der Waals surface area contributed by atoms with E-state index in [1.165, 1.54) is 17.2 Å². The third-order valence-corrected chi connectivity index (χ3v) is 6.78. The second kappa shape index (κ2) is 10.2. The lowest BCUT2D eigenvalue weighted by Crippen LogP contribution is -2.49. The van der Waals surface area contributed by atoms with E-state index in [0.29, 0.717) is 29.7 Å². The van der Waals surface area contributed by atoms with Gasteiger partial charge < -0.3 is 30.1 Å². The average Bonchev–Trinajstić information content (AvgIpc) is 3.06. The SMILES string of the molecule is CC(C)=CCC/C(C)=C/CCC1(C)Oc2c(c(O)cc3c2CN(C(CO)C(=O)O)C3=O)CC1O. The number of amides is 1. The molecule has 4 N–H and O–H groups in total. The van der Waals surface area contributed by atoms with E-state index in [0.717, 1.165) is 17.7 Å². The summed E-state index contributed by atoms with van der Waals surface area (Å²) < 4.78 is 6.28. The summed E-state index contributed by atoms with van der Waals surface area (Å²) in [6.07, 6.45) is 6.81. The molecular weight excluding hydrogens is 438 g/mol. The van der Waals surface area contributed by atoms with Gasteiger partial charge >= 0.3 is 5.97 Å². The number of hydrogen-bond donors (Lipinski definition) is 4. The number of carboxylic acid groups (broad SMARTS) is 1. The Balaban J connectivity index is 1.82. The fourth-order valence-electron chi connectivity index (χ4n) is 4.58. The Hall–Kier alpha value is -2.84. The van der Waals surface area contributed by atoms with Crippen LogP contribution in [-0.4, -0.2) is 61.6 Å². The summed E-state index contributed by atoms with van der Waals surface area (Å²) in [7, 11) is 0. The second-order valence-corrected chi connectivity index (χ2v) is 9.74. The van der Waals surface area contributed by atoms with Crippen molar-refractivity contribution in [3.8, 4) is 11.5 Å². The summed E-state index contributed by atoms with van der Waals surface area (Å²) in [6.45, 7) is 7.27. The minimum atomic E-state index is -1.39. The number of aromatic hydroxyl groups is 1. The normalized spacial score (nSPS) is 22.6. The number of aliphatic carboxylic acids is 1. The van der Waals surface area contributed by atoms with Gasteiger partial charge in [0.25, 0.3) is 5.91 Å². The number of ether oxygens (including phenoxy) is 1. The number of phenolic OH excluding ortho intramolecular Hbond substituents is 1. The number of aliphatic hydroxyl groups excluding tert-OH is 2. The first-order chi connectivity index (χ1) is 16.0. The number of rotatable bonds is 9. The Labute approximate surface area is 200 Å². The summed E-state index contributed by atoms with van der Waals surface area (Å²) in [5.41, 5.74) is 2.65. The van der Waals surface area contributed by atoms with Crippen molar-refractivity contribution in [1.29, 1.82) is 0 Å². The van der Waals surface area contributed by atoms with Crippen molar-refractivity contribution in [3.05, 3.63) is 46.1 Å². The number of allylic oxidation sites excluding steroid dienone is 4. The average molecular weight is 474 g/mol. The van der Waals surface area contributed by atoms with E-state index in [-0.39, 0.29) is 24.3 Å². The van der Waals surface area contributed by atoms with E-state index in [1.54, 1.807) is 0 Å². The van der Waals surface area contributed by atoms with Gasteiger partial charge in [0.2, 0.25) is 0 Å². The summed E-state index contributed by atoms with van der Waals surface area (Å²) >= 11 is 0. The zero-order valence-corrected chi connectivity index (χ0v) is 20.3. The molecule has 0 radical (unpaired) electrons. The van der Waals surface area contributed by atoms with Crippen LogP contribution in [0.1, 0.15) is 74.9 Å². The molecular formula is C26H35NO7. The van der Waals surface area contributed by atoms with Gasteiger partial charge in [-0.2, -0.15) is 0 Å². The molecule has 0 fully saturated rings. The third-order valence-electron chi connectivity index (χ3n) is 6.78. The molecule has 0 aromatic heterocycles. The van der Waals surface area contributed by atoms with Crippen molar-refractivity contribution < 1.29 is 34.8 Å². The molecule has 8 nitrogen and oxygen atoms in total. The molecule has 0 spiro atoms. The Bertz CT molecular complexity index is 1020. The van der Waals surface area contributed by atoms with E-state index in [2.05, 4.69) is 32.9 Å². The Kier molecular flexibility index (Phi) is 7.73. The monoisotopic (exact) mass is 473 g/mol. The maximum atomic E-state index is 12.9. The highest BCUT2D eigenvalue weighted by Gasteiger charge is 2.45. The van der Waals surface area contributed by atoms with Crippen molar-refractivity contribution in [3.63, 3.8) is 0 Å². The standard InChI is InChI=1S/C26H35NO7/c1-15(2)7-5-8-16(3)9-6-10-26(4)22(30)12-18-21(29)11-17-19(23(18)34-26)13-27(24(17)31)20(14-28)25(32)33/h7,9,11,20,22,28-30H,5-6,8,10,12-14H2,1-4H3,(H,32,33)/b16-9+. The molecule has 1 aromatic rings. The molecule has 3 atom stereocenters. The summed E-state index contributed by atoms with van der Waals surface area (Å²) in [4.78, 5) is 25.4. The molecule has 2 aliphatic rings. The van der Waals surface area contributed by atoms with Crippen LogP contribution in [-0.2, 0) is 17.8 Å². The number of benzene rings is 1. The van der Waals surface area contributed by atoms with Gasteiger partial charge in [0.1, 0.15) is 17.1 Å². The van der Waals surface area contributed by atoms with Gasteiger partial charge in [0.05, 0.1) is 24.8 Å². The molecule has 34 heavy (non-hydrogen) atoms. The Morgan fingerprint density at radius 2 is 1.97 bits per heavy atom. The molecule has 0 bridgehead atoms. The smallest absolute Gasteiger partial charge is 0.328 e. The zero-order valence-electron chi connectivity index (χ0n) is 20.3. The van der Waals surface area contributed by atoms with Crippen molar-refractivity contribution >= 4 is 11.9 Å². The van der Waals surface area contributed by atoms with Gasteiger partial charge in [-0.1, -0.05) is 23.3 Å². The van der Waals surface area contributed by atoms with Crippen molar-refractivity contribution in [2.75, 3.05) is 6.61 Å². The van der Waals surface area contributed by atoms with Crippen molar-refractivity contribution in [2.45, 2.75) is 84.1 Å². The van der Waals surface area contributed by atoms with Crippen LogP contribution in [0, 0.1) is 0 Å². The van der Waals surface area contributed by atoms with Gasteiger partial charge in [-0.25, -0.2) is 4.79 Å². The highest BCUT2D eigenvalue weighted by Crippen LogP contribution is 2.46. The molecule has 3 rings (SSSR count). The largest absolute Gasteiger partial charge is 0.508 e. The first kappa shape index (κ1) is 25.8. The van der Waals surface area contributed by atoms with Crippen LogP contribution in [0.4, 0.5) is 0 Å². The van der Waals surface area contributed by atoms with Gasteiger partial charge in [0, 0.05) is 17.5 Å². The zero-order chi connectivity index (χ0) is 25.2. The quantitative estimate of drug-likeness (QED) is 0.405. The van der Waals surface area contributed by atoms with E-state index < -0.39 is 36.2 Å². The molecule has 3 unspecified atom stereocenters. The van der Waals surface area contributed by atoms with Gasteiger partial charge in [-0.3, -0.25) is 4.79 Å². The maximum Gasteiger partial charge on any atom is 0.328 e. The van der Waals surface area contributed by atoms with Crippen LogP contribution >= 0.6 is 0 Å². The highest BCUT2D eigenvalue weighted by atomic mass is 16.5. The number of fused-ring (bicyclic) bond motifs is 3. The minimum Gasteiger partial charge on any atom is -0.508 e. The number of nitrogens with zero attached hydrogens (tertiary/aromatic N) is 1. The van der Waals surface area contributed by atoms with Gasteiger partial charge in [-0.05, 0) is 59.4 Å². The van der Waals surface area contributed by atoms with Crippen molar-refractivity contribution in [2.24, 2.45) is 0 Å². The number of phenols is 1. The highest BCUT2D eigenvalue weighted by molar-refractivity contribution is 6.02. The first-order valence-electron chi connectivity index (χ1n) is 11.7. The molecule has 1 aromatic carbocycles. The summed E-state index contributed by atoms with van der Waals surface area (Å²) in [6, 6.07) is -0.0953. The van der Waals surface area contributed by atoms with E-state index in [9.17, 15) is 30.0 Å². The number of carbonyl (C=O) groups excluding carboxylic acids is 1. The fraction of sp³-hybridized carbons (Fsp3) is 0.538. The predicted octanol–water partition coefficient (Wildman–Crippen LogP) is 3.32. The molecule has 0 saturated carbocycles. The molecule has 1 amide bonds. The second-order valence-electron chi connectivity index (χ2n) is 9.74. The van der Waals surface area contributed by atoms with Gasteiger partial charge in [0.15, 0.2) is 6.04 Å². The van der Waals surface area contributed by atoms with Crippen LogP contribution in [0.25, 0.3) is 0 Å². The lowest BCUT2D eigenvalue weighted by Gasteiger charge is -2.41. The van der Waals surface area contributed by atoms with E-state index in [4.69, 9.17) is 4.74 Å². The molecule has 2 heterocycles. The first-order valence-corrected chi connectivity index (χ1v) is 11.7. The third kappa shape index (κ3) is 5.13. The summed E-state index contributed by atoms with van der Waals surface area (Å²) in [5, 5.41) is 40.3. The van der Waals surface area contributed by atoms with Gasteiger partial charge in [-0.15, -0.1) is 0 Å². The van der Waals surface area contributed by atoms with E-state index >= 15 is 0 Å². The van der Waals surface area contributed by atoms with Crippen LogP contribution in [0.2, 0.25) is 0 Å². The minimum absolute atomic E-state index is 0.0517. The fourth-order valence-corrected chi connectivity index (χ4v) is 4.58. The molecule has 0 saturated heterocycles. The molecule has 186 valence electrons. The summed E-state index contributed by atoms with van der Waals surface area (Å²) in [5.74, 6) is -1.74. The maximum absolute atomic E-state index is 12.9. The van der Waals surface area contributed by atoms with Crippen molar-refractivity contribution in [1.82, 2.24) is 4.90 Å². The Morgan fingerprint density at radius 1 is 1.26 bits per heavy atom. The number of aliphatic hydroxyl groups is 2. The molecule has 0 aliphatic carbocycles. The number of hydrogen-bond acceptors (Lipinski definition) is 6. The Morgan fingerprint density at radius 3 is 2.59 bits per heavy atom. The van der Waals surface area contributed by atoms with E-state index in [1.807, 2.05) is 6.92 Å². The molecule has 8 heteroatoms. The predicted molar refractivity (Wildman–Crippen MR) is 127 cm³/mol. The topological polar surface area (TPSA) is 128 Å². The number of carbonyl (C=O) groups is 2. The number of carboxylic acids is 1. The van der Waals surface area contributed by atoms with Crippen LogP contribution < -0.4 is 4.74 Å². The lowest BCUT2D eigenvalue weighted by atomic mass is 9.84. The lowest BCUT2D eigenvalue weighted by molar-refractivity contribution is -0.143.